The lowest BCUT2D eigenvalue weighted by atomic mass is 9.71. The van der Waals surface area contributed by atoms with Gasteiger partial charge in [0.25, 0.3) is 0 Å². The molecule has 2 aromatic rings. The highest BCUT2D eigenvalue weighted by Gasteiger charge is 2.30. The van der Waals surface area contributed by atoms with Crippen LogP contribution in [-0.4, -0.2) is 36.5 Å². The Balaban J connectivity index is 1.21. The highest BCUT2D eigenvalue weighted by atomic mass is 19.1. The van der Waals surface area contributed by atoms with E-state index in [2.05, 4.69) is 41.1 Å². The Morgan fingerprint density at radius 3 is 2.22 bits per heavy atom. The van der Waals surface area contributed by atoms with E-state index in [1.165, 1.54) is 55.5 Å². The molecule has 2 nitrogen and oxygen atoms in total. The minimum absolute atomic E-state index is 0.158. The van der Waals surface area contributed by atoms with Crippen LogP contribution in [0.5, 0.6) is 0 Å². The van der Waals surface area contributed by atoms with Crippen molar-refractivity contribution in [3.63, 3.8) is 0 Å². The van der Waals surface area contributed by atoms with Gasteiger partial charge >= 0.3 is 0 Å². The van der Waals surface area contributed by atoms with Crippen molar-refractivity contribution in [2.45, 2.75) is 44.7 Å². The molecule has 2 aliphatic rings. The molecular formula is C24H31FN2. The summed E-state index contributed by atoms with van der Waals surface area (Å²) >= 11 is 0. The van der Waals surface area contributed by atoms with E-state index in [9.17, 15) is 4.39 Å². The molecule has 0 aromatic heterocycles. The van der Waals surface area contributed by atoms with Crippen LogP contribution in [0.3, 0.4) is 0 Å². The Morgan fingerprint density at radius 1 is 0.926 bits per heavy atom. The molecule has 2 aromatic carbocycles. The van der Waals surface area contributed by atoms with Gasteiger partial charge in [-0.2, -0.15) is 0 Å². The van der Waals surface area contributed by atoms with Gasteiger partial charge in [0.15, 0.2) is 0 Å². The molecular weight excluding hydrogens is 335 g/mol. The van der Waals surface area contributed by atoms with Crippen molar-refractivity contribution in [2.75, 3.05) is 26.7 Å². The van der Waals surface area contributed by atoms with E-state index in [4.69, 9.17) is 0 Å². The van der Waals surface area contributed by atoms with Crippen molar-refractivity contribution >= 4 is 0 Å². The van der Waals surface area contributed by atoms with Crippen LogP contribution in [0.25, 0.3) is 0 Å². The van der Waals surface area contributed by atoms with Crippen LogP contribution >= 0.6 is 0 Å². The smallest absolute Gasteiger partial charge is 0.123 e. The highest BCUT2D eigenvalue weighted by molar-refractivity contribution is 5.27. The third-order valence-electron chi connectivity index (χ3n) is 6.23. The van der Waals surface area contributed by atoms with Gasteiger partial charge < -0.3 is 4.90 Å². The summed E-state index contributed by atoms with van der Waals surface area (Å²) in [5, 5.41) is 0. The van der Waals surface area contributed by atoms with E-state index in [1.807, 2.05) is 12.1 Å². The van der Waals surface area contributed by atoms with Crippen molar-refractivity contribution < 1.29 is 4.39 Å². The minimum atomic E-state index is -0.158. The molecule has 1 saturated heterocycles. The molecule has 3 heteroatoms. The second-order valence-corrected chi connectivity index (χ2v) is 8.58. The molecule has 0 bridgehead atoms. The fraction of sp³-hybridized carbons (Fsp3) is 0.500. The maximum Gasteiger partial charge on any atom is 0.123 e. The van der Waals surface area contributed by atoms with Crippen molar-refractivity contribution in [1.82, 2.24) is 9.80 Å². The van der Waals surface area contributed by atoms with E-state index in [-0.39, 0.29) is 5.82 Å². The molecule has 2 fully saturated rings. The van der Waals surface area contributed by atoms with Crippen LogP contribution in [0.1, 0.15) is 48.3 Å². The number of rotatable bonds is 7. The van der Waals surface area contributed by atoms with Crippen molar-refractivity contribution in [1.29, 1.82) is 0 Å². The molecule has 0 N–H and O–H groups in total. The van der Waals surface area contributed by atoms with Crippen LogP contribution in [0.2, 0.25) is 0 Å². The summed E-state index contributed by atoms with van der Waals surface area (Å²) in [5.74, 6) is 1.36. The second-order valence-electron chi connectivity index (χ2n) is 8.58. The zero-order valence-corrected chi connectivity index (χ0v) is 16.4. The second kappa shape index (κ2) is 8.53. The Morgan fingerprint density at radius 2 is 1.56 bits per heavy atom. The number of likely N-dealkylation sites (tertiary alicyclic amines) is 1. The summed E-state index contributed by atoms with van der Waals surface area (Å²) in [5.41, 5.74) is 4.15. The first kappa shape index (κ1) is 18.6. The number of hydrogen-bond acceptors (Lipinski definition) is 2. The van der Waals surface area contributed by atoms with E-state index < -0.39 is 0 Å². The molecule has 144 valence electrons. The van der Waals surface area contributed by atoms with Gasteiger partial charge in [0.1, 0.15) is 5.82 Å². The predicted octanol–water partition coefficient (Wildman–Crippen LogP) is 5.05. The first-order valence-corrected chi connectivity index (χ1v) is 10.4. The monoisotopic (exact) mass is 366 g/mol. The summed E-state index contributed by atoms with van der Waals surface area (Å²) in [6, 6.07) is 16.3. The summed E-state index contributed by atoms with van der Waals surface area (Å²) in [6.45, 7) is 5.66. The topological polar surface area (TPSA) is 6.48 Å². The van der Waals surface area contributed by atoms with Gasteiger partial charge in [0, 0.05) is 19.6 Å². The zero-order chi connectivity index (χ0) is 18.6. The molecule has 1 saturated carbocycles. The maximum atomic E-state index is 13.0. The Hall–Kier alpha value is -1.71. The summed E-state index contributed by atoms with van der Waals surface area (Å²) in [4.78, 5) is 4.93. The van der Waals surface area contributed by atoms with Gasteiger partial charge in [-0.25, -0.2) is 4.39 Å². The molecule has 0 atom stereocenters. The minimum Gasteiger partial charge on any atom is -0.302 e. The SMILES string of the molecule is CN(Cc1ccc(F)cc1)CC1CC(c2ccc(CN3CCCC3)cc2)C1. The van der Waals surface area contributed by atoms with E-state index in [0.717, 1.165) is 31.5 Å². The lowest BCUT2D eigenvalue weighted by Crippen LogP contribution is -2.33. The summed E-state index contributed by atoms with van der Waals surface area (Å²) < 4.78 is 13.0. The van der Waals surface area contributed by atoms with Crippen molar-refractivity contribution in [2.24, 2.45) is 5.92 Å². The zero-order valence-electron chi connectivity index (χ0n) is 16.4. The predicted molar refractivity (Wildman–Crippen MR) is 109 cm³/mol. The normalized spacial score (nSPS) is 22.9. The first-order valence-electron chi connectivity index (χ1n) is 10.4. The Kier molecular flexibility index (Phi) is 5.89. The molecule has 0 spiro atoms. The van der Waals surface area contributed by atoms with Gasteiger partial charge in [-0.3, -0.25) is 4.90 Å². The lowest BCUT2D eigenvalue weighted by Gasteiger charge is -2.38. The van der Waals surface area contributed by atoms with Crippen LogP contribution < -0.4 is 0 Å². The molecule has 0 unspecified atom stereocenters. The van der Waals surface area contributed by atoms with E-state index in [0.29, 0.717) is 0 Å². The van der Waals surface area contributed by atoms with Crippen molar-refractivity contribution in [3.05, 3.63) is 71.0 Å². The number of halogens is 1. The van der Waals surface area contributed by atoms with Crippen molar-refractivity contribution in [3.8, 4) is 0 Å². The molecule has 1 aliphatic carbocycles. The van der Waals surface area contributed by atoms with Gasteiger partial charge in [0.2, 0.25) is 0 Å². The van der Waals surface area contributed by atoms with Gasteiger partial charge in [0.05, 0.1) is 0 Å². The molecule has 0 radical (unpaired) electrons. The average molecular weight is 367 g/mol. The van der Waals surface area contributed by atoms with Gasteiger partial charge in [-0.15, -0.1) is 0 Å². The molecule has 27 heavy (non-hydrogen) atoms. The van der Waals surface area contributed by atoms with Crippen LogP contribution in [-0.2, 0) is 13.1 Å². The molecule has 0 amide bonds. The molecule has 1 heterocycles. The average Bonchev–Trinajstić information content (AvgIpc) is 3.14. The Bertz CT molecular complexity index is 713. The van der Waals surface area contributed by atoms with Crippen LogP contribution in [0.4, 0.5) is 4.39 Å². The highest BCUT2D eigenvalue weighted by Crippen LogP contribution is 2.42. The van der Waals surface area contributed by atoms with E-state index >= 15 is 0 Å². The number of benzene rings is 2. The summed E-state index contributed by atoms with van der Waals surface area (Å²) in [7, 11) is 2.17. The fourth-order valence-corrected chi connectivity index (χ4v) is 4.66. The van der Waals surface area contributed by atoms with Gasteiger partial charge in [-0.05, 0) is 86.5 Å². The molecule has 1 aliphatic heterocycles. The fourth-order valence-electron chi connectivity index (χ4n) is 4.66. The van der Waals surface area contributed by atoms with Crippen LogP contribution in [0.15, 0.2) is 48.5 Å². The largest absolute Gasteiger partial charge is 0.302 e. The number of hydrogen-bond donors (Lipinski definition) is 0. The third kappa shape index (κ3) is 4.97. The quantitative estimate of drug-likeness (QED) is 0.677. The third-order valence-corrected chi connectivity index (χ3v) is 6.23. The summed E-state index contributed by atoms with van der Waals surface area (Å²) in [6.07, 6.45) is 5.30. The van der Waals surface area contributed by atoms with E-state index in [1.54, 1.807) is 12.1 Å². The lowest BCUT2D eigenvalue weighted by molar-refractivity contribution is 0.176. The number of nitrogens with zero attached hydrogens (tertiary/aromatic N) is 2. The van der Waals surface area contributed by atoms with Crippen LogP contribution in [0, 0.1) is 11.7 Å². The standard InChI is InChI=1S/C24H31FN2/c1-26(16-19-6-10-24(25)11-7-19)17-21-14-23(15-21)22-8-4-20(5-9-22)18-27-12-2-3-13-27/h4-11,21,23H,2-3,12-18H2,1H3. The van der Waals surface area contributed by atoms with Gasteiger partial charge in [-0.1, -0.05) is 36.4 Å². The molecule has 4 rings (SSSR count). The Labute approximate surface area is 163 Å². The maximum absolute atomic E-state index is 13.0. The first-order chi connectivity index (χ1) is 13.2.